The number of anilines is 1. The number of carboxylic acid groups (broad SMARTS) is 1. The average Bonchev–Trinajstić information content (AvgIpc) is 2.78. The van der Waals surface area contributed by atoms with Crippen LogP contribution >= 0.6 is 0 Å². The highest BCUT2D eigenvalue weighted by molar-refractivity contribution is 7.94. The normalized spacial score (nSPS) is 19.7. The minimum absolute atomic E-state index is 0.0203. The van der Waals surface area contributed by atoms with Crippen molar-refractivity contribution in [2.45, 2.75) is 24.5 Å². The van der Waals surface area contributed by atoms with Crippen molar-refractivity contribution in [1.29, 1.82) is 0 Å². The number of fused-ring (bicyclic) bond motifs is 1. The van der Waals surface area contributed by atoms with Gasteiger partial charge in [-0.15, -0.1) is 0 Å². The van der Waals surface area contributed by atoms with Crippen molar-refractivity contribution in [1.82, 2.24) is 0 Å². The van der Waals surface area contributed by atoms with Crippen molar-refractivity contribution < 1.29 is 18.3 Å². The molecule has 0 bridgehead atoms. The van der Waals surface area contributed by atoms with E-state index in [0.29, 0.717) is 18.7 Å². The van der Waals surface area contributed by atoms with E-state index in [1.165, 1.54) is 11.2 Å². The zero-order valence-corrected chi connectivity index (χ0v) is 12.0. The Balaban J connectivity index is 2.43. The quantitative estimate of drug-likeness (QED) is 0.835. The molecule has 1 heterocycles. The molecule has 1 aromatic carbocycles. The molecular weight excluding hydrogens is 280 g/mol. The van der Waals surface area contributed by atoms with Gasteiger partial charge in [0.15, 0.2) is 5.25 Å². The third kappa shape index (κ3) is 2.38. The highest BCUT2D eigenvalue weighted by Crippen LogP contribution is 2.40. The van der Waals surface area contributed by atoms with E-state index < -0.39 is 21.2 Å². The van der Waals surface area contributed by atoms with E-state index in [2.05, 4.69) is 0 Å². The van der Waals surface area contributed by atoms with Crippen molar-refractivity contribution >= 4 is 21.7 Å². The van der Waals surface area contributed by atoms with E-state index in [1.807, 2.05) is 12.1 Å². The minimum atomic E-state index is -3.91. The van der Waals surface area contributed by atoms with Crippen molar-refractivity contribution in [3.05, 3.63) is 29.8 Å². The first kappa shape index (κ1) is 14.8. The Morgan fingerprint density at radius 2 is 2.15 bits per heavy atom. The van der Waals surface area contributed by atoms with E-state index in [0.717, 1.165) is 5.56 Å². The van der Waals surface area contributed by atoms with E-state index in [4.69, 9.17) is 10.8 Å². The molecule has 3 N–H and O–H groups in total. The van der Waals surface area contributed by atoms with Crippen LogP contribution in [0.5, 0.6) is 0 Å². The summed E-state index contributed by atoms with van der Waals surface area (Å²) < 4.78 is 26.0. The van der Waals surface area contributed by atoms with Gasteiger partial charge in [0.1, 0.15) is 0 Å². The van der Waals surface area contributed by atoms with E-state index in [1.54, 1.807) is 12.1 Å². The van der Waals surface area contributed by atoms with Gasteiger partial charge >= 0.3 is 5.97 Å². The summed E-state index contributed by atoms with van der Waals surface area (Å²) in [5, 5.41) is 7.50. The monoisotopic (exact) mass is 298 g/mol. The van der Waals surface area contributed by atoms with E-state index in [9.17, 15) is 13.2 Å². The molecular formula is C13H18N2O4S. The lowest BCUT2D eigenvalue weighted by Gasteiger charge is -2.22. The fourth-order valence-corrected chi connectivity index (χ4v) is 3.93. The molecule has 0 aliphatic carbocycles. The number of aliphatic carboxylic acids is 1. The zero-order valence-electron chi connectivity index (χ0n) is 11.2. The molecule has 6 nitrogen and oxygen atoms in total. The van der Waals surface area contributed by atoms with Crippen LogP contribution in [0, 0.1) is 0 Å². The molecule has 2 rings (SSSR count). The number of carboxylic acids is 1. The third-order valence-electron chi connectivity index (χ3n) is 3.65. The van der Waals surface area contributed by atoms with Crippen LogP contribution in [-0.4, -0.2) is 37.8 Å². The number of nitrogens with zero attached hydrogens (tertiary/aromatic N) is 1. The minimum Gasteiger partial charge on any atom is -0.480 e. The Labute approximate surface area is 118 Å². The SMILES string of the molecule is CC(C(=O)O)S(=O)(=O)N1CC(CCN)c2ccccc21. The molecule has 0 fully saturated rings. The first-order chi connectivity index (χ1) is 9.39. The van der Waals surface area contributed by atoms with Crippen molar-refractivity contribution in [2.24, 2.45) is 5.73 Å². The molecule has 7 heteroatoms. The van der Waals surface area contributed by atoms with Gasteiger partial charge in [-0.1, -0.05) is 18.2 Å². The molecule has 20 heavy (non-hydrogen) atoms. The number of hydrogen-bond acceptors (Lipinski definition) is 4. The summed E-state index contributed by atoms with van der Waals surface area (Å²) >= 11 is 0. The van der Waals surface area contributed by atoms with Crippen LogP contribution in [0.4, 0.5) is 5.69 Å². The van der Waals surface area contributed by atoms with Gasteiger partial charge in [-0.25, -0.2) is 8.42 Å². The van der Waals surface area contributed by atoms with Crippen molar-refractivity contribution in [3.8, 4) is 0 Å². The number of sulfonamides is 1. The number of benzene rings is 1. The van der Waals surface area contributed by atoms with Gasteiger partial charge < -0.3 is 10.8 Å². The lowest BCUT2D eigenvalue weighted by atomic mass is 9.98. The maximum absolute atomic E-state index is 12.4. The van der Waals surface area contributed by atoms with E-state index >= 15 is 0 Å². The summed E-state index contributed by atoms with van der Waals surface area (Å²) in [5.74, 6) is -1.32. The average molecular weight is 298 g/mol. The number of para-hydroxylation sites is 1. The predicted molar refractivity (Wildman–Crippen MR) is 76.2 cm³/mol. The molecule has 2 atom stereocenters. The molecule has 110 valence electrons. The van der Waals surface area contributed by atoms with Crippen LogP contribution in [0.25, 0.3) is 0 Å². The largest absolute Gasteiger partial charge is 0.480 e. The Hall–Kier alpha value is -1.60. The van der Waals surface area contributed by atoms with Gasteiger partial charge in [0, 0.05) is 12.5 Å². The standard InChI is InChI=1S/C13H18N2O4S/c1-9(13(16)17)20(18,19)15-8-10(6-7-14)11-4-2-3-5-12(11)15/h2-5,9-10H,6-8,14H2,1H3,(H,16,17). The Kier molecular flexibility index (Phi) is 4.01. The number of carbonyl (C=O) groups is 1. The molecule has 0 amide bonds. The Morgan fingerprint density at radius 1 is 1.50 bits per heavy atom. The molecule has 0 radical (unpaired) electrons. The second-order valence-corrected chi connectivity index (χ2v) is 7.07. The summed E-state index contributed by atoms with van der Waals surface area (Å²) in [4.78, 5) is 11.0. The molecule has 1 aromatic rings. The van der Waals surface area contributed by atoms with Crippen LogP contribution < -0.4 is 10.0 Å². The lowest BCUT2D eigenvalue weighted by molar-refractivity contribution is -0.136. The van der Waals surface area contributed by atoms with Gasteiger partial charge in [-0.3, -0.25) is 9.10 Å². The summed E-state index contributed by atoms with van der Waals surface area (Å²) in [6.07, 6.45) is 0.671. The number of nitrogens with two attached hydrogens (primary N) is 1. The van der Waals surface area contributed by atoms with Gasteiger partial charge in [-0.2, -0.15) is 0 Å². The summed E-state index contributed by atoms with van der Waals surface area (Å²) in [6.45, 7) is 1.91. The van der Waals surface area contributed by atoms with Crippen LogP contribution in [-0.2, 0) is 14.8 Å². The summed E-state index contributed by atoms with van der Waals surface area (Å²) in [6, 6.07) is 7.17. The summed E-state index contributed by atoms with van der Waals surface area (Å²) in [5.41, 5.74) is 7.05. The fourth-order valence-electron chi connectivity index (χ4n) is 2.46. The molecule has 0 spiro atoms. The first-order valence-electron chi connectivity index (χ1n) is 6.43. The zero-order chi connectivity index (χ0) is 14.9. The Bertz CT molecular complexity index is 615. The van der Waals surface area contributed by atoms with Gasteiger partial charge in [0.25, 0.3) is 0 Å². The van der Waals surface area contributed by atoms with Crippen LogP contribution in [0.1, 0.15) is 24.8 Å². The van der Waals surface area contributed by atoms with E-state index in [-0.39, 0.29) is 12.5 Å². The second-order valence-electron chi connectivity index (χ2n) is 4.89. The highest BCUT2D eigenvalue weighted by Gasteiger charge is 2.40. The van der Waals surface area contributed by atoms with Gasteiger partial charge in [-0.05, 0) is 31.5 Å². The van der Waals surface area contributed by atoms with Crippen LogP contribution in [0.15, 0.2) is 24.3 Å². The number of hydrogen-bond donors (Lipinski definition) is 2. The molecule has 2 unspecified atom stereocenters. The maximum Gasteiger partial charge on any atom is 0.323 e. The highest BCUT2D eigenvalue weighted by atomic mass is 32.2. The lowest BCUT2D eigenvalue weighted by Crippen LogP contribution is -2.40. The smallest absolute Gasteiger partial charge is 0.323 e. The topological polar surface area (TPSA) is 101 Å². The van der Waals surface area contributed by atoms with Crippen molar-refractivity contribution in [2.75, 3.05) is 17.4 Å². The maximum atomic E-state index is 12.4. The molecule has 0 aromatic heterocycles. The molecule has 1 aliphatic rings. The first-order valence-corrected chi connectivity index (χ1v) is 7.93. The molecule has 0 saturated heterocycles. The van der Waals surface area contributed by atoms with Crippen molar-refractivity contribution in [3.63, 3.8) is 0 Å². The fraction of sp³-hybridized carbons (Fsp3) is 0.462. The van der Waals surface area contributed by atoms with Gasteiger partial charge in [0.05, 0.1) is 5.69 Å². The third-order valence-corrected chi connectivity index (χ3v) is 5.70. The second kappa shape index (κ2) is 5.41. The number of rotatable bonds is 5. The van der Waals surface area contributed by atoms with Gasteiger partial charge in [0.2, 0.25) is 10.0 Å². The Morgan fingerprint density at radius 3 is 2.75 bits per heavy atom. The predicted octanol–water partition coefficient (Wildman–Crippen LogP) is 0.742. The molecule has 1 aliphatic heterocycles. The van der Waals surface area contributed by atoms with Crippen LogP contribution in [0.3, 0.4) is 0 Å². The van der Waals surface area contributed by atoms with Crippen LogP contribution in [0.2, 0.25) is 0 Å². The summed E-state index contributed by atoms with van der Waals surface area (Å²) in [7, 11) is -3.91. The molecule has 0 saturated carbocycles.